The van der Waals surface area contributed by atoms with E-state index in [-0.39, 0.29) is 0 Å². The van der Waals surface area contributed by atoms with Crippen LogP contribution in [0, 0.1) is 0 Å². The van der Waals surface area contributed by atoms with Crippen LogP contribution in [0.1, 0.15) is 22.3 Å². The SMILES string of the molecule is c1ccc(-c2nc(-c3ccc4c5c(ccc4c3)-c3ccc4ccccc4c3C53c4ccccc4-c4ccccc43)nc3ccccc23)cc1. The molecule has 1 aromatic heterocycles. The minimum Gasteiger partial charge on any atom is -0.228 e. The number of nitrogens with zero attached hydrogens (tertiary/aromatic N) is 2. The molecule has 2 aliphatic carbocycles. The van der Waals surface area contributed by atoms with Gasteiger partial charge in [0.2, 0.25) is 0 Å². The van der Waals surface area contributed by atoms with Gasteiger partial charge in [-0.25, -0.2) is 9.97 Å². The lowest BCUT2D eigenvalue weighted by atomic mass is 9.68. The number of fused-ring (bicyclic) bond motifs is 15. The molecule has 0 saturated carbocycles. The molecule has 0 amide bonds. The van der Waals surface area contributed by atoms with Crippen LogP contribution in [-0.4, -0.2) is 9.97 Å². The molecule has 9 aromatic rings. The summed E-state index contributed by atoms with van der Waals surface area (Å²) in [5.41, 5.74) is 14.3. The van der Waals surface area contributed by atoms with Crippen LogP contribution in [0.4, 0.5) is 0 Å². The molecule has 8 aromatic carbocycles. The fourth-order valence-corrected chi connectivity index (χ4v) is 8.92. The highest BCUT2D eigenvalue weighted by Crippen LogP contribution is 2.65. The molecule has 0 unspecified atom stereocenters. The molecule has 0 radical (unpaired) electrons. The van der Waals surface area contributed by atoms with E-state index >= 15 is 0 Å². The molecule has 49 heavy (non-hydrogen) atoms. The Kier molecular flexibility index (Phi) is 5.34. The van der Waals surface area contributed by atoms with Crippen molar-refractivity contribution in [1.29, 1.82) is 0 Å². The van der Waals surface area contributed by atoms with Crippen LogP contribution in [0.15, 0.2) is 170 Å². The van der Waals surface area contributed by atoms with E-state index in [1.807, 2.05) is 6.07 Å². The highest BCUT2D eigenvalue weighted by atomic mass is 14.9. The largest absolute Gasteiger partial charge is 0.228 e. The summed E-state index contributed by atoms with van der Waals surface area (Å²) >= 11 is 0. The summed E-state index contributed by atoms with van der Waals surface area (Å²) in [5.74, 6) is 0.737. The Morgan fingerprint density at radius 2 is 0.959 bits per heavy atom. The van der Waals surface area contributed by atoms with Crippen molar-refractivity contribution in [2.24, 2.45) is 0 Å². The third-order valence-electron chi connectivity index (χ3n) is 10.8. The van der Waals surface area contributed by atoms with E-state index in [0.717, 1.165) is 33.5 Å². The van der Waals surface area contributed by atoms with Gasteiger partial charge in [-0.3, -0.25) is 0 Å². The number of aromatic nitrogens is 2. The molecule has 1 spiro atoms. The summed E-state index contributed by atoms with van der Waals surface area (Å²) in [6, 6.07) is 61.8. The van der Waals surface area contributed by atoms with Crippen molar-refractivity contribution in [3.63, 3.8) is 0 Å². The van der Waals surface area contributed by atoms with Crippen LogP contribution in [0.2, 0.25) is 0 Å². The van der Waals surface area contributed by atoms with Gasteiger partial charge in [0, 0.05) is 16.5 Å². The average Bonchev–Trinajstić information content (AvgIpc) is 3.65. The Labute approximate surface area is 284 Å². The molecule has 0 N–H and O–H groups in total. The molecule has 0 fully saturated rings. The van der Waals surface area contributed by atoms with Crippen molar-refractivity contribution < 1.29 is 0 Å². The minimum absolute atomic E-state index is 0.445. The van der Waals surface area contributed by atoms with Crippen LogP contribution in [0.25, 0.3) is 77.3 Å². The second kappa shape index (κ2) is 9.82. The molecule has 2 aliphatic rings. The lowest BCUT2D eigenvalue weighted by Crippen LogP contribution is -2.26. The zero-order valence-corrected chi connectivity index (χ0v) is 26.6. The van der Waals surface area contributed by atoms with Crippen molar-refractivity contribution in [3.05, 3.63) is 192 Å². The monoisotopic (exact) mass is 620 g/mol. The predicted octanol–water partition coefficient (Wildman–Crippen LogP) is 11.6. The molecule has 0 saturated heterocycles. The summed E-state index contributed by atoms with van der Waals surface area (Å²) in [4.78, 5) is 10.3. The van der Waals surface area contributed by atoms with Crippen molar-refractivity contribution in [2.45, 2.75) is 5.41 Å². The zero-order chi connectivity index (χ0) is 32.1. The van der Waals surface area contributed by atoms with Gasteiger partial charge in [-0.15, -0.1) is 0 Å². The highest BCUT2D eigenvalue weighted by Gasteiger charge is 2.53. The van der Waals surface area contributed by atoms with E-state index in [1.54, 1.807) is 0 Å². The maximum atomic E-state index is 5.21. The highest BCUT2D eigenvalue weighted by molar-refractivity contribution is 6.09. The summed E-state index contributed by atoms with van der Waals surface area (Å²) < 4.78 is 0. The van der Waals surface area contributed by atoms with Gasteiger partial charge in [0.15, 0.2) is 5.82 Å². The second-order valence-corrected chi connectivity index (χ2v) is 13.3. The van der Waals surface area contributed by atoms with Gasteiger partial charge in [-0.2, -0.15) is 0 Å². The lowest BCUT2D eigenvalue weighted by molar-refractivity contribution is 0.809. The Bertz CT molecular complexity index is 2790. The number of hydrogen-bond donors (Lipinski definition) is 0. The fourth-order valence-electron chi connectivity index (χ4n) is 8.92. The normalized spacial score (nSPS) is 13.5. The van der Waals surface area contributed by atoms with Gasteiger partial charge in [-0.1, -0.05) is 158 Å². The Morgan fingerprint density at radius 3 is 1.71 bits per heavy atom. The summed E-state index contributed by atoms with van der Waals surface area (Å²) in [7, 11) is 0. The Hall–Kier alpha value is -6.38. The lowest BCUT2D eigenvalue weighted by Gasteiger charge is -2.32. The molecule has 2 heteroatoms. The van der Waals surface area contributed by atoms with Crippen molar-refractivity contribution in [3.8, 4) is 44.9 Å². The number of hydrogen-bond acceptors (Lipinski definition) is 2. The zero-order valence-electron chi connectivity index (χ0n) is 26.6. The first-order chi connectivity index (χ1) is 24.3. The van der Waals surface area contributed by atoms with Crippen LogP contribution in [0.3, 0.4) is 0 Å². The Morgan fingerprint density at radius 1 is 0.367 bits per heavy atom. The molecule has 0 aliphatic heterocycles. The van der Waals surface area contributed by atoms with Crippen LogP contribution < -0.4 is 0 Å². The third-order valence-corrected chi connectivity index (χ3v) is 10.8. The van der Waals surface area contributed by atoms with Gasteiger partial charge < -0.3 is 0 Å². The first kappa shape index (κ1) is 26.7. The topological polar surface area (TPSA) is 25.8 Å². The summed E-state index contributed by atoms with van der Waals surface area (Å²) in [5, 5.41) is 6.08. The Balaban J connectivity index is 1.22. The molecule has 0 atom stereocenters. The molecular formula is C47H28N2. The van der Waals surface area contributed by atoms with E-state index in [4.69, 9.17) is 9.97 Å². The molecule has 2 nitrogen and oxygen atoms in total. The minimum atomic E-state index is -0.445. The molecule has 11 rings (SSSR count). The van der Waals surface area contributed by atoms with Gasteiger partial charge >= 0.3 is 0 Å². The van der Waals surface area contributed by atoms with Crippen LogP contribution in [-0.2, 0) is 5.41 Å². The first-order valence-electron chi connectivity index (χ1n) is 16.9. The molecule has 226 valence electrons. The summed E-state index contributed by atoms with van der Waals surface area (Å²) in [6.45, 7) is 0. The van der Waals surface area contributed by atoms with Gasteiger partial charge in [0.05, 0.1) is 16.6 Å². The predicted molar refractivity (Wildman–Crippen MR) is 202 cm³/mol. The van der Waals surface area contributed by atoms with Crippen molar-refractivity contribution >= 4 is 32.4 Å². The second-order valence-electron chi connectivity index (χ2n) is 13.3. The standard InChI is InChI=1S/C47H28N2/c1-2-13-30(14-3-1)45-39-18-8-11-21-42(39)48-46(49-45)32-24-25-34-31(28-32)23-27-38-37-26-22-29-12-4-5-15-33(29)43(37)47(44(34)38)40-19-9-6-16-35(40)36-17-7-10-20-41(36)47/h1-28H. The van der Waals surface area contributed by atoms with Crippen molar-refractivity contribution in [2.75, 3.05) is 0 Å². The van der Waals surface area contributed by atoms with Gasteiger partial charge in [0.1, 0.15) is 0 Å². The van der Waals surface area contributed by atoms with Gasteiger partial charge in [0.25, 0.3) is 0 Å². The maximum absolute atomic E-state index is 5.21. The van der Waals surface area contributed by atoms with E-state index in [0.29, 0.717) is 0 Å². The average molecular weight is 621 g/mol. The van der Waals surface area contributed by atoms with E-state index in [2.05, 4.69) is 164 Å². The van der Waals surface area contributed by atoms with E-state index in [9.17, 15) is 0 Å². The third kappa shape index (κ3) is 3.50. The summed E-state index contributed by atoms with van der Waals surface area (Å²) in [6.07, 6.45) is 0. The smallest absolute Gasteiger partial charge is 0.160 e. The number of benzene rings is 8. The van der Waals surface area contributed by atoms with E-state index in [1.165, 1.54) is 66.1 Å². The van der Waals surface area contributed by atoms with Crippen LogP contribution >= 0.6 is 0 Å². The quantitative estimate of drug-likeness (QED) is 0.192. The van der Waals surface area contributed by atoms with Gasteiger partial charge in [-0.05, 0) is 78.2 Å². The number of para-hydroxylation sites is 1. The molecular weight excluding hydrogens is 593 g/mol. The maximum Gasteiger partial charge on any atom is 0.160 e. The number of rotatable bonds is 2. The fraction of sp³-hybridized carbons (Fsp3) is 0.0213. The van der Waals surface area contributed by atoms with Crippen molar-refractivity contribution in [1.82, 2.24) is 9.97 Å². The molecule has 1 heterocycles. The van der Waals surface area contributed by atoms with E-state index < -0.39 is 5.41 Å². The molecule has 0 bridgehead atoms. The van der Waals surface area contributed by atoms with Crippen LogP contribution in [0.5, 0.6) is 0 Å². The first-order valence-corrected chi connectivity index (χ1v) is 16.9.